The van der Waals surface area contributed by atoms with Gasteiger partial charge in [0.25, 0.3) is 5.91 Å². The number of aromatic nitrogens is 1. The van der Waals surface area contributed by atoms with Crippen LogP contribution in [0.1, 0.15) is 48.9 Å². The molecular formula is C20H29N3O3. The first-order valence-corrected chi connectivity index (χ1v) is 10.0. The Bertz CT molecular complexity index is 622. The molecule has 0 radical (unpaired) electrons. The third kappa shape index (κ3) is 3.89. The summed E-state index contributed by atoms with van der Waals surface area (Å²) in [5, 5.41) is 2.98. The van der Waals surface area contributed by atoms with E-state index in [0.717, 1.165) is 37.8 Å². The van der Waals surface area contributed by atoms with E-state index in [-0.39, 0.29) is 12.0 Å². The van der Waals surface area contributed by atoms with Gasteiger partial charge in [0.15, 0.2) is 0 Å². The summed E-state index contributed by atoms with van der Waals surface area (Å²) in [4.78, 5) is 29.0. The van der Waals surface area contributed by atoms with E-state index in [9.17, 15) is 9.59 Å². The second kappa shape index (κ2) is 7.72. The second-order valence-electron chi connectivity index (χ2n) is 8.25. The van der Waals surface area contributed by atoms with Gasteiger partial charge in [0.05, 0.1) is 12.2 Å². The van der Waals surface area contributed by atoms with Crippen molar-refractivity contribution in [3.8, 4) is 0 Å². The molecule has 0 aromatic carbocycles. The zero-order chi connectivity index (χ0) is 17.9. The van der Waals surface area contributed by atoms with Crippen LogP contribution < -0.4 is 5.32 Å². The van der Waals surface area contributed by atoms with Crippen LogP contribution in [0.3, 0.4) is 0 Å². The topological polar surface area (TPSA) is 74.4 Å². The summed E-state index contributed by atoms with van der Waals surface area (Å²) in [5.41, 5.74) is 0.659. The van der Waals surface area contributed by atoms with Crippen molar-refractivity contribution in [2.75, 3.05) is 26.2 Å². The molecule has 2 bridgehead atoms. The number of carbonyl (C=O) groups excluding carboxylic acids is 2. The Balaban J connectivity index is 1.14. The number of fused-ring (bicyclic) bond motifs is 2. The number of rotatable bonds is 5. The van der Waals surface area contributed by atoms with E-state index >= 15 is 0 Å². The minimum atomic E-state index is -0.150. The number of nitrogens with zero attached hydrogens (tertiary/aromatic N) is 1. The quantitative estimate of drug-likeness (QED) is 0.849. The van der Waals surface area contributed by atoms with Crippen LogP contribution in [0.5, 0.6) is 0 Å². The molecule has 1 saturated heterocycles. The maximum atomic E-state index is 12.3. The zero-order valence-electron chi connectivity index (χ0n) is 15.3. The fraction of sp³-hybridized carbons (Fsp3) is 0.700. The smallest absolute Gasteiger partial charge is 0.409 e. The van der Waals surface area contributed by atoms with Gasteiger partial charge in [0, 0.05) is 32.0 Å². The molecule has 2 aliphatic carbocycles. The number of aromatic amines is 1. The number of ether oxygens (including phenoxy) is 1. The van der Waals surface area contributed by atoms with Gasteiger partial charge in [-0.15, -0.1) is 0 Å². The molecule has 1 aromatic rings. The fourth-order valence-electron chi connectivity index (χ4n) is 4.97. The highest BCUT2D eigenvalue weighted by molar-refractivity contribution is 5.93. The number of likely N-dealkylation sites (tertiary alicyclic amines) is 1. The molecule has 1 aromatic heterocycles. The van der Waals surface area contributed by atoms with Crippen LogP contribution in [-0.2, 0) is 4.74 Å². The van der Waals surface area contributed by atoms with Gasteiger partial charge < -0.3 is 19.9 Å². The van der Waals surface area contributed by atoms with Gasteiger partial charge in [-0.1, -0.05) is 6.42 Å². The van der Waals surface area contributed by atoms with E-state index in [2.05, 4.69) is 10.3 Å². The average Bonchev–Trinajstić information content (AvgIpc) is 3.42. The van der Waals surface area contributed by atoms with Crippen LogP contribution in [0, 0.1) is 23.7 Å². The zero-order valence-corrected chi connectivity index (χ0v) is 15.3. The van der Waals surface area contributed by atoms with Gasteiger partial charge in [0.2, 0.25) is 0 Å². The highest BCUT2D eigenvalue weighted by Gasteiger charge is 2.40. The Morgan fingerprint density at radius 3 is 2.69 bits per heavy atom. The van der Waals surface area contributed by atoms with Gasteiger partial charge in [-0.25, -0.2) is 4.79 Å². The third-order valence-electron chi connectivity index (χ3n) is 6.59. The number of carbonyl (C=O) groups is 2. The number of piperidine rings is 1. The van der Waals surface area contributed by atoms with Crippen molar-refractivity contribution < 1.29 is 14.3 Å². The predicted molar refractivity (Wildman–Crippen MR) is 97.7 cm³/mol. The van der Waals surface area contributed by atoms with Crippen molar-refractivity contribution in [3.05, 3.63) is 24.0 Å². The predicted octanol–water partition coefficient (Wildman–Crippen LogP) is 3.03. The number of hydrogen-bond donors (Lipinski definition) is 2. The molecule has 4 rings (SSSR count). The van der Waals surface area contributed by atoms with Crippen molar-refractivity contribution in [1.82, 2.24) is 15.2 Å². The number of hydrogen-bond acceptors (Lipinski definition) is 3. The molecule has 0 spiro atoms. The Hall–Kier alpha value is -1.98. The Morgan fingerprint density at radius 1 is 1.19 bits per heavy atom. The summed E-state index contributed by atoms with van der Waals surface area (Å²) < 4.78 is 5.61. The van der Waals surface area contributed by atoms with Gasteiger partial charge in [-0.2, -0.15) is 0 Å². The van der Waals surface area contributed by atoms with Gasteiger partial charge in [0.1, 0.15) is 0 Å². The highest BCUT2D eigenvalue weighted by atomic mass is 16.6. The summed E-state index contributed by atoms with van der Waals surface area (Å²) in [5.74, 6) is 2.66. The van der Waals surface area contributed by atoms with Crippen LogP contribution in [0.15, 0.2) is 18.5 Å². The fourth-order valence-corrected chi connectivity index (χ4v) is 4.97. The normalized spacial score (nSPS) is 28.3. The lowest BCUT2D eigenvalue weighted by atomic mass is 9.90. The Labute approximate surface area is 154 Å². The molecule has 6 heteroatoms. The first-order valence-electron chi connectivity index (χ1n) is 10.0. The molecule has 2 heterocycles. The first kappa shape index (κ1) is 17.4. The largest absolute Gasteiger partial charge is 0.449 e. The lowest BCUT2D eigenvalue weighted by molar-refractivity contribution is 0.0655. The molecule has 2 amide bonds. The Morgan fingerprint density at radius 2 is 2.04 bits per heavy atom. The standard InChI is InChI=1S/C20H29N3O3/c24-19(17-3-6-21-12-17)22-11-14-4-7-23(8-5-14)20(25)26-13-18-10-15-1-2-16(18)9-15/h3,6,12,14-16,18,21H,1-2,4-5,7-11,13H2,(H,22,24). The van der Waals surface area contributed by atoms with Crippen LogP contribution in [0.25, 0.3) is 0 Å². The van der Waals surface area contributed by atoms with Crippen molar-refractivity contribution in [2.24, 2.45) is 23.7 Å². The van der Waals surface area contributed by atoms with E-state index in [4.69, 9.17) is 4.74 Å². The lowest BCUT2D eigenvalue weighted by Gasteiger charge is -2.32. The summed E-state index contributed by atoms with van der Waals surface area (Å²) in [6.45, 7) is 2.71. The molecule has 3 unspecified atom stereocenters. The van der Waals surface area contributed by atoms with Crippen LogP contribution in [-0.4, -0.2) is 48.1 Å². The molecule has 3 atom stereocenters. The van der Waals surface area contributed by atoms with Crippen LogP contribution >= 0.6 is 0 Å². The van der Waals surface area contributed by atoms with E-state index in [1.165, 1.54) is 25.7 Å². The number of H-pyrrole nitrogens is 1. The average molecular weight is 359 g/mol. The molecule has 3 aliphatic rings. The van der Waals surface area contributed by atoms with Crippen LogP contribution in [0.2, 0.25) is 0 Å². The number of amides is 2. The Kier molecular flexibility index (Phi) is 5.18. The molecule has 3 fully saturated rings. The number of nitrogens with one attached hydrogen (secondary N) is 2. The molecule has 26 heavy (non-hydrogen) atoms. The summed E-state index contributed by atoms with van der Waals surface area (Å²) >= 11 is 0. The molecule has 142 valence electrons. The maximum Gasteiger partial charge on any atom is 0.409 e. The molecule has 1 aliphatic heterocycles. The van der Waals surface area contributed by atoms with E-state index in [0.29, 0.717) is 30.6 Å². The van der Waals surface area contributed by atoms with E-state index < -0.39 is 0 Å². The highest BCUT2D eigenvalue weighted by Crippen LogP contribution is 2.48. The summed E-state index contributed by atoms with van der Waals surface area (Å²) in [7, 11) is 0. The molecule has 6 nitrogen and oxygen atoms in total. The van der Waals surface area contributed by atoms with E-state index in [1.54, 1.807) is 18.5 Å². The van der Waals surface area contributed by atoms with Gasteiger partial charge >= 0.3 is 6.09 Å². The van der Waals surface area contributed by atoms with Crippen molar-refractivity contribution in [3.63, 3.8) is 0 Å². The molecule has 2 saturated carbocycles. The second-order valence-corrected chi connectivity index (χ2v) is 8.25. The molecule has 2 N–H and O–H groups in total. The summed E-state index contributed by atoms with van der Waals surface area (Å²) in [6.07, 6.45) is 10.4. The maximum absolute atomic E-state index is 12.3. The first-order chi connectivity index (χ1) is 12.7. The van der Waals surface area contributed by atoms with Crippen molar-refractivity contribution in [2.45, 2.75) is 38.5 Å². The van der Waals surface area contributed by atoms with Gasteiger partial charge in [-0.05, 0) is 61.8 Å². The molecular weight excluding hydrogens is 330 g/mol. The van der Waals surface area contributed by atoms with E-state index in [1.807, 2.05) is 4.90 Å². The third-order valence-corrected chi connectivity index (χ3v) is 6.59. The minimum absolute atomic E-state index is 0.0426. The summed E-state index contributed by atoms with van der Waals surface area (Å²) in [6, 6.07) is 1.77. The lowest BCUT2D eigenvalue weighted by Crippen LogP contribution is -2.42. The van der Waals surface area contributed by atoms with Crippen molar-refractivity contribution in [1.29, 1.82) is 0 Å². The van der Waals surface area contributed by atoms with Crippen LogP contribution in [0.4, 0.5) is 4.79 Å². The SMILES string of the molecule is O=C(NCC1CCN(C(=O)OCC2CC3CCC2C3)CC1)c1cc[nH]c1. The minimum Gasteiger partial charge on any atom is -0.449 e. The van der Waals surface area contributed by atoms with Gasteiger partial charge in [-0.3, -0.25) is 4.79 Å². The monoisotopic (exact) mass is 359 g/mol. The van der Waals surface area contributed by atoms with Crippen molar-refractivity contribution >= 4 is 12.0 Å².